The molecule has 5 nitrogen and oxygen atoms in total. The summed E-state index contributed by atoms with van der Waals surface area (Å²) in [4.78, 5) is 0. The molecule has 1 aromatic heterocycles. The Hall–Kier alpha value is -1.06. The zero-order valence-electron chi connectivity index (χ0n) is 9.22. The van der Waals surface area contributed by atoms with Crippen LogP contribution in [0.15, 0.2) is 5.16 Å². The van der Waals surface area contributed by atoms with Crippen molar-refractivity contribution >= 4 is 11.8 Å². The average Bonchev–Trinajstić information content (AvgIpc) is 2.92. The van der Waals surface area contributed by atoms with Gasteiger partial charge in [0.15, 0.2) is 0 Å². The number of ether oxygens (including phenoxy) is 1. The summed E-state index contributed by atoms with van der Waals surface area (Å²) in [7, 11) is 0. The minimum absolute atomic E-state index is 0.264. The summed E-state index contributed by atoms with van der Waals surface area (Å²) in [6.07, 6.45) is 2.50. The molecule has 0 spiro atoms. The number of rotatable bonds is 4. The minimum Gasteiger partial charge on any atom is -0.376 e. The molecule has 1 aliphatic heterocycles. The van der Waals surface area contributed by atoms with Gasteiger partial charge in [0, 0.05) is 6.61 Å². The quantitative estimate of drug-likeness (QED) is 0.578. The molecular weight excluding hydrogens is 224 g/mol. The molecule has 0 bridgehead atoms. The van der Waals surface area contributed by atoms with Crippen molar-refractivity contribution in [1.82, 2.24) is 20.2 Å². The van der Waals surface area contributed by atoms with Gasteiger partial charge >= 0.3 is 0 Å². The maximum atomic E-state index is 5.55. The molecular formula is C10H14N4OS. The Morgan fingerprint density at radius 2 is 2.56 bits per heavy atom. The lowest BCUT2D eigenvalue weighted by Gasteiger charge is -2.09. The number of nitrogens with zero attached hydrogens (tertiary/aromatic N) is 4. The maximum absolute atomic E-state index is 5.55. The van der Waals surface area contributed by atoms with E-state index in [1.165, 1.54) is 0 Å². The second-order valence-electron chi connectivity index (χ2n) is 3.49. The fourth-order valence-electron chi connectivity index (χ4n) is 1.57. The van der Waals surface area contributed by atoms with Crippen LogP contribution in [0.5, 0.6) is 0 Å². The smallest absolute Gasteiger partial charge is 0.210 e. The summed E-state index contributed by atoms with van der Waals surface area (Å²) in [5, 5.41) is 12.4. The first-order chi connectivity index (χ1) is 7.90. The molecule has 1 fully saturated rings. The van der Waals surface area contributed by atoms with Crippen LogP contribution >= 0.6 is 11.8 Å². The zero-order valence-corrected chi connectivity index (χ0v) is 10.0. The van der Waals surface area contributed by atoms with Gasteiger partial charge in [-0.05, 0) is 30.2 Å². The number of tetrazole rings is 1. The van der Waals surface area contributed by atoms with Crippen LogP contribution < -0.4 is 0 Å². The molecule has 6 heteroatoms. The summed E-state index contributed by atoms with van der Waals surface area (Å²) in [5.41, 5.74) is 0. The maximum Gasteiger partial charge on any atom is 0.210 e. The first kappa shape index (κ1) is 11.4. The van der Waals surface area contributed by atoms with Gasteiger partial charge in [-0.15, -0.1) is 11.0 Å². The third-order valence-corrected chi connectivity index (χ3v) is 3.19. The molecule has 0 radical (unpaired) electrons. The summed E-state index contributed by atoms with van der Waals surface area (Å²) in [5.74, 6) is 6.55. The molecule has 0 aliphatic carbocycles. The van der Waals surface area contributed by atoms with E-state index in [2.05, 4.69) is 27.4 Å². The highest BCUT2D eigenvalue weighted by molar-refractivity contribution is 7.99. The van der Waals surface area contributed by atoms with Crippen LogP contribution in [-0.2, 0) is 11.3 Å². The van der Waals surface area contributed by atoms with Crippen molar-refractivity contribution in [3.05, 3.63) is 0 Å². The molecule has 16 heavy (non-hydrogen) atoms. The third kappa shape index (κ3) is 2.97. The molecule has 0 saturated carbocycles. The molecule has 1 saturated heterocycles. The lowest BCUT2D eigenvalue weighted by atomic mass is 10.2. The predicted octanol–water partition coefficient (Wildman–Crippen LogP) is 0.968. The average molecular weight is 238 g/mol. The minimum atomic E-state index is 0.264. The predicted molar refractivity (Wildman–Crippen MR) is 61.0 cm³/mol. The molecule has 1 unspecified atom stereocenters. The largest absolute Gasteiger partial charge is 0.376 e. The fourth-order valence-corrected chi connectivity index (χ4v) is 2.27. The standard InChI is InChI=1S/C10H14N4OS/c1-2-3-7-16-10-11-12-13-14(10)8-9-5-4-6-15-9/h9H,4-8H2,1H3. The molecule has 86 valence electrons. The molecule has 1 atom stereocenters. The van der Waals surface area contributed by atoms with E-state index in [9.17, 15) is 0 Å². The number of hydrogen-bond acceptors (Lipinski definition) is 5. The Bertz CT molecular complexity index is 389. The van der Waals surface area contributed by atoms with Gasteiger partial charge in [0.2, 0.25) is 5.16 Å². The highest BCUT2D eigenvalue weighted by Crippen LogP contribution is 2.17. The van der Waals surface area contributed by atoms with Crippen molar-refractivity contribution in [3.63, 3.8) is 0 Å². The molecule has 1 aromatic rings. The second kappa shape index (κ2) is 5.87. The Balaban J connectivity index is 1.91. The molecule has 1 aliphatic rings. The topological polar surface area (TPSA) is 52.8 Å². The van der Waals surface area contributed by atoms with Crippen LogP contribution in [0.3, 0.4) is 0 Å². The van der Waals surface area contributed by atoms with Crippen LogP contribution in [0.25, 0.3) is 0 Å². The summed E-state index contributed by atoms with van der Waals surface area (Å²) in [6.45, 7) is 3.43. The van der Waals surface area contributed by atoms with E-state index in [0.29, 0.717) is 0 Å². The van der Waals surface area contributed by atoms with E-state index in [0.717, 1.165) is 36.9 Å². The van der Waals surface area contributed by atoms with E-state index >= 15 is 0 Å². The monoisotopic (exact) mass is 238 g/mol. The van der Waals surface area contributed by atoms with Crippen LogP contribution in [-0.4, -0.2) is 38.7 Å². The van der Waals surface area contributed by atoms with Gasteiger partial charge < -0.3 is 4.74 Å². The van der Waals surface area contributed by atoms with E-state index < -0.39 is 0 Å². The van der Waals surface area contributed by atoms with E-state index in [1.807, 2.05) is 6.92 Å². The summed E-state index contributed by atoms with van der Waals surface area (Å²) >= 11 is 1.56. The highest BCUT2D eigenvalue weighted by Gasteiger charge is 2.18. The van der Waals surface area contributed by atoms with Crippen molar-refractivity contribution in [2.45, 2.75) is 37.6 Å². The molecule has 2 heterocycles. The Morgan fingerprint density at radius 1 is 1.62 bits per heavy atom. The number of thioether (sulfide) groups is 1. The van der Waals surface area contributed by atoms with Gasteiger partial charge in [0.05, 0.1) is 18.4 Å². The third-order valence-electron chi connectivity index (χ3n) is 2.35. The first-order valence-corrected chi connectivity index (χ1v) is 6.29. The van der Waals surface area contributed by atoms with Crippen LogP contribution in [0.2, 0.25) is 0 Å². The van der Waals surface area contributed by atoms with Gasteiger partial charge in [-0.25, -0.2) is 4.68 Å². The van der Waals surface area contributed by atoms with Crippen molar-refractivity contribution in [2.24, 2.45) is 0 Å². The molecule has 2 rings (SSSR count). The van der Waals surface area contributed by atoms with E-state index in [1.54, 1.807) is 16.4 Å². The van der Waals surface area contributed by atoms with E-state index in [-0.39, 0.29) is 6.10 Å². The normalized spacial score (nSPS) is 19.4. The van der Waals surface area contributed by atoms with Crippen LogP contribution in [0.1, 0.15) is 19.8 Å². The Labute approximate surface area is 98.9 Å². The number of hydrogen-bond donors (Lipinski definition) is 0. The van der Waals surface area contributed by atoms with Gasteiger partial charge in [-0.2, -0.15) is 0 Å². The van der Waals surface area contributed by atoms with Crippen molar-refractivity contribution in [3.8, 4) is 11.8 Å². The molecule has 0 amide bonds. The van der Waals surface area contributed by atoms with Crippen molar-refractivity contribution in [1.29, 1.82) is 0 Å². The van der Waals surface area contributed by atoms with Crippen molar-refractivity contribution < 1.29 is 4.74 Å². The van der Waals surface area contributed by atoms with Crippen LogP contribution in [0, 0.1) is 11.8 Å². The zero-order chi connectivity index (χ0) is 11.2. The Morgan fingerprint density at radius 3 is 3.31 bits per heavy atom. The summed E-state index contributed by atoms with van der Waals surface area (Å²) in [6, 6.07) is 0. The summed E-state index contributed by atoms with van der Waals surface area (Å²) < 4.78 is 7.36. The van der Waals surface area contributed by atoms with Gasteiger partial charge in [0.25, 0.3) is 0 Å². The highest BCUT2D eigenvalue weighted by atomic mass is 32.2. The number of aromatic nitrogens is 4. The molecule has 0 N–H and O–H groups in total. The molecule has 0 aromatic carbocycles. The van der Waals surface area contributed by atoms with Gasteiger partial charge in [0.1, 0.15) is 0 Å². The van der Waals surface area contributed by atoms with E-state index in [4.69, 9.17) is 4.74 Å². The fraction of sp³-hybridized carbons (Fsp3) is 0.700. The van der Waals surface area contributed by atoms with Crippen molar-refractivity contribution in [2.75, 3.05) is 12.4 Å². The first-order valence-electron chi connectivity index (χ1n) is 5.30. The Kier molecular flexibility index (Phi) is 4.19. The lowest BCUT2D eigenvalue weighted by Crippen LogP contribution is -2.16. The lowest BCUT2D eigenvalue weighted by molar-refractivity contribution is 0.0912. The van der Waals surface area contributed by atoms with Gasteiger partial charge in [-0.3, -0.25) is 0 Å². The van der Waals surface area contributed by atoms with Crippen LogP contribution in [0.4, 0.5) is 0 Å². The van der Waals surface area contributed by atoms with Gasteiger partial charge in [-0.1, -0.05) is 17.7 Å². The SMILES string of the molecule is CC#CCSc1nnnn1CC1CCCO1. The second-order valence-corrected chi connectivity index (χ2v) is 4.44.